The van der Waals surface area contributed by atoms with Gasteiger partial charge >= 0.3 is 6.03 Å². The van der Waals surface area contributed by atoms with E-state index in [0.717, 1.165) is 22.1 Å². The molecule has 1 heterocycles. The van der Waals surface area contributed by atoms with Crippen LogP contribution in [0, 0.1) is 17.8 Å². The molecule has 2 aliphatic carbocycles. The van der Waals surface area contributed by atoms with Gasteiger partial charge in [-0.3, -0.25) is 14.5 Å². The third-order valence-electron chi connectivity index (χ3n) is 7.54. The van der Waals surface area contributed by atoms with Crippen LogP contribution < -0.4 is 15.4 Å². The lowest BCUT2D eigenvalue weighted by Gasteiger charge is -2.29. The van der Waals surface area contributed by atoms with Crippen LogP contribution in [0.25, 0.3) is 0 Å². The van der Waals surface area contributed by atoms with Crippen molar-refractivity contribution in [3.05, 3.63) is 29.8 Å². The first-order chi connectivity index (χ1) is 14.8. The molecule has 168 valence electrons. The number of methoxy groups -OCH3 is 1. The molecule has 7 nitrogen and oxygen atoms in total. The first-order valence-electron chi connectivity index (χ1n) is 11.4. The minimum atomic E-state index is -1.01. The summed E-state index contributed by atoms with van der Waals surface area (Å²) >= 11 is 0. The molecule has 31 heavy (non-hydrogen) atoms. The molecule has 2 N–H and O–H groups in total. The van der Waals surface area contributed by atoms with Crippen LogP contribution in [0.5, 0.6) is 5.75 Å². The number of benzene rings is 1. The molecule has 0 radical (unpaired) electrons. The highest BCUT2D eigenvalue weighted by Gasteiger charge is 2.48. The van der Waals surface area contributed by atoms with E-state index in [1.807, 2.05) is 31.2 Å². The van der Waals surface area contributed by atoms with Crippen LogP contribution in [-0.4, -0.2) is 48.0 Å². The van der Waals surface area contributed by atoms with E-state index < -0.39 is 11.6 Å². The molecule has 1 aliphatic heterocycles. The summed E-state index contributed by atoms with van der Waals surface area (Å²) in [5.41, 5.74) is 0.0491. The summed E-state index contributed by atoms with van der Waals surface area (Å²) in [6.07, 6.45) is 6.13. The molecule has 7 heteroatoms. The highest BCUT2D eigenvalue weighted by molar-refractivity contribution is 6.08. The van der Waals surface area contributed by atoms with E-state index in [0.29, 0.717) is 24.7 Å². The van der Waals surface area contributed by atoms with Gasteiger partial charge in [-0.25, -0.2) is 4.79 Å². The number of imide groups is 1. The van der Waals surface area contributed by atoms with Crippen LogP contribution in [0.4, 0.5) is 4.79 Å². The zero-order chi connectivity index (χ0) is 22.2. The maximum atomic E-state index is 13.0. The maximum Gasteiger partial charge on any atom is 0.325 e. The number of nitrogens with zero attached hydrogens (tertiary/aromatic N) is 1. The normalized spacial score (nSPS) is 30.4. The number of ether oxygens (including phenoxy) is 1. The second-order valence-corrected chi connectivity index (χ2v) is 9.70. The van der Waals surface area contributed by atoms with Crippen molar-refractivity contribution in [2.75, 3.05) is 13.7 Å². The van der Waals surface area contributed by atoms with E-state index in [1.54, 1.807) is 14.0 Å². The quantitative estimate of drug-likeness (QED) is 0.625. The molecular formula is C24H33N3O4. The lowest BCUT2D eigenvalue weighted by Crippen LogP contribution is -2.47. The highest BCUT2D eigenvalue weighted by Crippen LogP contribution is 2.49. The molecule has 2 saturated carbocycles. The van der Waals surface area contributed by atoms with Gasteiger partial charge < -0.3 is 15.4 Å². The maximum absolute atomic E-state index is 13.0. The Morgan fingerprint density at radius 1 is 1.26 bits per heavy atom. The monoisotopic (exact) mass is 427 g/mol. The summed E-state index contributed by atoms with van der Waals surface area (Å²) in [6.45, 7) is 3.55. The predicted octanol–water partition coefficient (Wildman–Crippen LogP) is 2.88. The Kier molecular flexibility index (Phi) is 5.95. The predicted molar refractivity (Wildman–Crippen MR) is 117 cm³/mol. The molecule has 1 aromatic rings. The van der Waals surface area contributed by atoms with Gasteiger partial charge in [-0.05, 0) is 81.4 Å². The third kappa shape index (κ3) is 4.41. The summed E-state index contributed by atoms with van der Waals surface area (Å²) < 4.78 is 5.17. The summed E-state index contributed by atoms with van der Waals surface area (Å²) in [4.78, 5) is 39.1. The highest BCUT2D eigenvalue weighted by atomic mass is 16.5. The minimum absolute atomic E-state index is 0.0741. The van der Waals surface area contributed by atoms with E-state index in [1.165, 1.54) is 25.7 Å². The number of fused-ring (bicyclic) bond motifs is 2. The first-order valence-corrected chi connectivity index (χ1v) is 11.4. The van der Waals surface area contributed by atoms with Gasteiger partial charge in [0.2, 0.25) is 5.91 Å². The minimum Gasteiger partial charge on any atom is -0.497 e. The second kappa shape index (κ2) is 8.52. The van der Waals surface area contributed by atoms with Crippen molar-refractivity contribution in [2.24, 2.45) is 17.8 Å². The zero-order valence-electron chi connectivity index (χ0n) is 18.6. The van der Waals surface area contributed by atoms with Crippen LogP contribution in [0.3, 0.4) is 0 Å². The van der Waals surface area contributed by atoms with Crippen molar-refractivity contribution >= 4 is 17.8 Å². The van der Waals surface area contributed by atoms with Gasteiger partial charge in [0.25, 0.3) is 5.91 Å². The Hall–Kier alpha value is -2.57. The Morgan fingerprint density at radius 2 is 2.00 bits per heavy atom. The number of urea groups is 1. The molecule has 4 rings (SSSR count). The van der Waals surface area contributed by atoms with Crippen molar-refractivity contribution < 1.29 is 19.1 Å². The van der Waals surface area contributed by atoms with Gasteiger partial charge in [0.1, 0.15) is 17.8 Å². The molecular weight excluding hydrogens is 394 g/mol. The summed E-state index contributed by atoms with van der Waals surface area (Å²) in [7, 11) is 1.62. The van der Waals surface area contributed by atoms with E-state index in [2.05, 4.69) is 10.6 Å². The summed E-state index contributed by atoms with van der Waals surface area (Å²) in [5.74, 6) is 2.20. The average Bonchev–Trinajstić information content (AvgIpc) is 3.44. The molecule has 0 aromatic heterocycles. The standard InChI is InChI=1S/C24H33N3O4/c1-15(20-13-17-4-7-18(20)12-17)25-21(28)14-27-22(29)24(2,26-23(27)30)11-10-16-5-8-19(31-3)9-6-16/h5-6,8-9,15,17-18,20H,4,7,10-14H2,1-3H3,(H,25,28)(H,26,30). The molecule has 1 saturated heterocycles. The number of carbonyl (C=O) groups excluding carboxylic acids is 3. The molecule has 3 fully saturated rings. The number of nitrogens with one attached hydrogen (secondary N) is 2. The van der Waals surface area contributed by atoms with Crippen LogP contribution in [0.15, 0.2) is 24.3 Å². The lowest BCUT2D eigenvalue weighted by molar-refractivity contribution is -0.135. The van der Waals surface area contributed by atoms with Crippen LogP contribution in [0.2, 0.25) is 0 Å². The van der Waals surface area contributed by atoms with Crippen molar-refractivity contribution in [1.82, 2.24) is 15.5 Å². The van der Waals surface area contributed by atoms with Gasteiger partial charge in [0.05, 0.1) is 7.11 Å². The van der Waals surface area contributed by atoms with Gasteiger partial charge in [-0.15, -0.1) is 0 Å². The number of rotatable bonds is 8. The molecule has 3 aliphatic rings. The number of hydrogen-bond acceptors (Lipinski definition) is 4. The molecule has 0 spiro atoms. The van der Waals surface area contributed by atoms with Crippen LogP contribution >= 0.6 is 0 Å². The zero-order valence-corrected chi connectivity index (χ0v) is 18.6. The lowest BCUT2D eigenvalue weighted by atomic mass is 9.84. The van der Waals surface area contributed by atoms with Crippen molar-refractivity contribution in [3.63, 3.8) is 0 Å². The number of aryl methyl sites for hydroxylation is 1. The van der Waals surface area contributed by atoms with Gasteiger partial charge in [-0.1, -0.05) is 18.6 Å². The SMILES string of the molecule is COc1ccc(CCC2(C)NC(=O)N(CC(=O)NC(C)C3CC4CCC3C4)C2=O)cc1. The van der Waals surface area contributed by atoms with Gasteiger partial charge in [-0.2, -0.15) is 0 Å². The van der Waals surface area contributed by atoms with E-state index >= 15 is 0 Å². The molecule has 5 atom stereocenters. The van der Waals surface area contributed by atoms with E-state index in [9.17, 15) is 14.4 Å². The summed E-state index contributed by atoms with van der Waals surface area (Å²) in [6, 6.07) is 7.23. The van der Waals surface area contributed by atoms with Gasteiger partial charge in [0.15, 0.2) is 0 Å². The Morgan fingerprint density at radius 3 is 2.61 bits per heavy atom. The smallest absolute Gasteiger partial charge is 0.325 e. The average molecular weight is 428 g/mol. The fourth-order valence-electron chi connectivity index (χ4n) is 5.70. The Balaban J connectivity index is 1.31. The molecule has 4 amide bonds. The summed E-state index contributed by atoms with van der Waals surface area (Å²) in [5, 5.41) is 5.84. The van der Waals surface area contributed by atoms with Gasteiger partial charge in [0, 0.05) is 6.04 Å². The molecule has 2 bridgehead atoms. The largest absolute Gasteiger partial charge is 0.497 e. The molecule has 5 unspecified atom stereocenters. The topological polar surface area (TPSA) is 87.7 Å². The fraction of sp³-hybridized carbons (Fsp3) is 0.625. The van der Waals surface area contributed by atoms with E-state index in [-0.39, 0.29) is 24.4 Å². The second-order valence-electron chi connectivity index (χ2n) is 9.70. The number of hydrogen-bond donors (Lipinski definition) is 2. The van der Waals surface area contributed by atoms with E-state index in [4.69, 9.17) is 4.74 Å². The van der Waals surface area contributed by atoms with Crippen molar-refractivity contribution in [3.8, 4) is 5.75 Å². The third-order valence-corrected chi connectivity index (χ3v) is 7.54. The Labute approximate surface area is 183 Å². The van der Waals surface area contributed by atoms with Crippen LogP contribution in [0.1, 0.15) is 51.5 Å². The Bertz CT molecular complexity index is 855. The first kappa shape index (κ1) is 21.7. The van der Waals surface area contributed by atoms with Crippen molar-refractivity contribution in [2.45, 2.75) is 64.0 Å². The van der Waals surface area contributed by atoms with Crippen molar-refractivity contribution in [1.29, 1.82) is 0 Å². The number of amides is 4. The van der Waals surface area contributed by atoms with Crippen LogP contribution in [-0.2, 0) is 16.0 Å². The number of carbonyl (C=O) groups is 3. The molecule has 1 aromatic carbocycles. The fourth-order valence-corrected chi connectivity index (χ4v) is 5.70.